The molecule has 168 valence electrons. The first-order valence-electron chi connectivity index (χ1n) is 10.6. The van der Waals surface area contributed by atoms with E-state index in [-0.39, 0.29) is 25.7 Å². The number of halogens is 1. The minimum Gasteiger partial charge on any atom is -0.461 e. The van der Waals surface area contributed by atoms with E-state index in [4.69, 9.17) is 21.1 Å². The lowest BCUT2D eigenvalue weighted by Gasteiger charge is -2.37. The third-order valence-corrected chi connectivity index (χ3v) is 7.05. The van der Waals surface area contributed by atoms with E-state index in [2.05, 4.69) is 0 Å². The van der Waals surface area contributed by atoms with Gasteiger partial charge in [-0.2, -0.15) is 0 Å². The Morgan fingerprint density at radius 2 is 2.00 bits per heavy atom. The number of hydrogen-bond donors (Lipinski definition) is 1. The minimum atomic E-state index is -1.36. The predicted molar refractivity (Wildman–Crippen MR) is 115 cm³/mol. The Morgan fingerprint density at radius 1 is 1.22 bits per heavy atom. The van der Waals surface area contributed by atoms with Crippen LogP contribution in [-0.2, 0) is 23.9 Å². The first-order chi connectivity index (χ1) is 15.4. The van der Waals surface area contributed by atoms with Crippen LogP contribution >= 0.6 is 11.6 Å². The van der Waals surface area contributed by atoms with E-state index in [0.717, 1.165) is 0 Å². The molecule has 5 rings (SSSR count). The molecular weight excluding hydrogens is 436 g/mol. The predicted octanol–water partition coefficient (Wildman–Crippen LogP) is 1.32. The van der Waals surface area contributed by atoms with Gasteiger partial charge in [-0.25, -0.2) is 0 Å². The van der Waals surface area contributed by atoms with Crippen LogP contribution in [0.2, 0.25) is 5.02 Å². The molecule has 32 heavy (non-hydrogen) atoms. The van der Waals surface area contributed by atoms with Gasteiger partial charge in [0, 0.05) is 6.54 Å². The molecule has 4 aliphatic heterocycles. The Labute approximate surface area is 190 Å². The Morgan fingerprint density at radius 3 is 2.75 bits per heavy atom. The van der Waals surface area contributed by atoms with Gasteiger partial charge in [-0.15, -0.1) is 0 Å². The summed E-state index contributed by atoms with van der Waals surface area (Å²) < 4.78 is 11.7. The summed E-state index contributed by atoms with van der Waals surface area (Å²) in [6.07, 6.45) is 6.23. The van der Waals surface area contributed by atoms with E-state index in [9.17, 15) is 19.5 Å². The molecule has 4 aliphatic rings. The number of aliphatic hydroxyl groups excluding tert-OH is 1. The van der Waals surface area contributed by atoms with E-state index in [1.165, 1.54) is 9.80 Å². The van der Waals surface area contributed by atoms with Crippen molar-refractivity contribution >= 4 is 35.1 Å². The van der Waals surface area contributed by atoms with Gasteiger partial charge < -0.3 is 24.4 Å². The second-order valence-electron chi connectivity index (χ2n) is 8.48. The van der Waals surface area contributed by atoms with Crippen molar-refractivity contribution in [1.82, 2.24) is 4.90 Å². The number of fused-ring (bicyclic) bond motifs is 2. The van der Waals surface area contributed by atoms with Gasteiger partial charge in [-0.3, -0.25) is 14.4 Å². The van der Waals surface area contributed by atoms with Crippen molar-refractivity contribution < 1.29 is 29.0 Å². The van der Waals surface area contributed by atoms with Gasteiger partial charge in [-0.1, -0.05) is 42.0 Å². The van der Waals surface area contributed by atoms with Crippen molar-refractivity contribution in [2.24, 2.45) is 11.8 Å². The van der Waals surface area contributed by atoms with Gasteiger partial charge >= 0.3 is 5.97 Å². The molecule has 9 heteroatoms. The lowest BCUT2D eigenvalue weighted by atomic mass is 9.78. The number of rotatable bonds is 3. The number of esters is 1. The molecule has 0 bridgehead atoms. The summed E-state index contributed by atoms with van der Waals surface area (Å²) in [4.78, 5) is 43.4. The quantitative estimate of drug-likeness (QED) is 0.542. The summed E-state index contributed by atoms with van der Waals surface area (Å²) in [7, 11) is 0. The van der Waals surface area contributed by atoms with Crippen molar-refractivity contribution in [3.8, 4) is 0 Å². The second-order valence-corrected chi connectivity index (χ2v) is 8.89. The molecule has 0 aliphatic carbocycles. The smallest absolute Gasteiger partial charge is 0.313 e. The maximum Gasteiger partial charge on any atom is 0.313 e. The van der Waals surface area contributed by atoms with Crippen LogP contribution < -0.4 is 4.90 Å². The van der Waals surface area contributed by atoms with Crippen LogP contribution in [0, 0.1) is 11.8 Å². The average Bonchev–Trinajstić information content (AvgIpc) is 3.09. The van der Waals surface area contributed by atoms with E-state index in [1.54, 1.807) is 55.5 Å². The van der Waals surface area contributed by atoms with Crippen molar-refractivity contribution in [3.05, 3.63) is 53.6 Å². The van der Waals surface area contributed by atoms with Crippen LogP contribution in [0.5, 0.6) is 0 Å². The number of anilines is 1. The first kappa shape index (κ1) is 21.2. The summed E-state index contributed by atoms with van der Waals surface area (Å²) in [5.74, 6) is -3.12. The molecule has 2 fully saturated rings. The number of amides is 2. The normalized spacial score (nSPS) is 34.5. The zero-order chi connectivity index (χ0) is 22.6. The molecule has 1 aromatic rings. The van der Waals surface area contributed by atoms with E-state index >= 15 is 0 Å². The summed E-state index contributed by atoms with van der Waals surface area (Å²) >= 11 is 6.38. The van der Waals surface area contributed by atoms with Gasteiger partial charge in [0.1, 0.15) is 24.2 Å². The molecule has 8 nitrogen and oxygen atoms in total. The van der Waals surface area contributed by atoms with Crippen molar-refractivity contribution in [2.45, 2.75) is 30.7 Å². The number of nitrogens with zero attached hydrogens (tertiary/aromatic N) is 2. The third-order valence-electron chi connectivity index (χ3n) is 6.73. The Hall–Kier alpha value is -2.68. The molecular formula is C23H23ClN2O6. The number of hydrogen-bond acceptors (Lipinski definition) is 6. The topological polar surface area (TPSA) is 96.4 Å². The lowest BCUT2D eigenvalue weighted by molar-refractivity contribution is -0.153. The zero-order valence-electron chi connectivity index (χ0n) is 17.4. The number of cyclic esters (lactones) is 1. The summed E-state index contributed by atoms with van der Waals surface area (Å²) in [6, 6.07) is 5.26. The van der Waals surface area contributed by atoms with Crippen LogP contribution in [0.4, 0.5) is 5.69 Å². The van der Waals surface area contributed by atoms with Gasteiger partial charge in [0.15, 0.2) is 0 Å². The Bertz CT molecular complexity index is 1040. The van der Waals surface area contributed by atoms with Crippen LogP contribution in [0.15, 0.2) is 48.6 Å². The molecule has 1 aromatic carbocycles. The SMILES string of the molecule is C[C@H](CO)N1C(=O)[C@@H]2[C@@H]3C(=O)OCC=C[C@@H]3O[C@@]23C=CCN(c2ccccc2Cl)C(=O)C13. The molecule has 1 unspecified atom stereocenters. The highest BCUT2D eigenvalue weighted by Crippen LogP contribution is 2.54. The van der Waals surface area contributed by atoms with Crippen LogP contribution in [0.1, 0.15) is 6.92 Å². The molecule has 2 saturated heterocycles. The number of para-hydroxylation sites is 1. The van der Waals surface area contributed by atoms with Crippen LogP contribution in [0.3, 0.4) is 0 Å². The second kappa shape index (κ2) is 7.72. The van der Waals surface area contributed by atoms with Gasteiger partial charge in [0.05, 0.1) is 35.4 Å². The number of ether oxygens (including phenoxy) is 2. The molecule has 0 saturated carbocycles. The molecule has 0 aromatic heterocycles. The minimum absolute atomic E-state index is 0.109. The lowest BCUT2D eigenvalue weighted by Crippen LogP contribution is -2.57. The summed E-state index contributed by atoms with van der Waals surface area (Å²) in [5.41, 5.74) is -0.844. The highest BCUT2D eigenvalue weighted by Gasteiger charge is 2.72. The summed E-state index contributed by atoms with van der Waals surface area (Å²) in [6.45, 7) is 1.66. The standard InChI is InChI=1S/C23H23ClN2O6/c1-13(12-27)26-19-21(29)25(15-7-3-2-6-14(15)24)10-5-9-23(19)18(20(26)28)17-16(32-23)8-4-11-31-22(17)30/h2-9,13,16-19,27H,10-12H2,1H3/t13-,16+,17-,18+,19?,23+/m1/s1. The van der Waals surface area contributed by atoms with Crippen molar-refractivity contribution in [3.63, 3.8) is 0 Å². The molecule has 2 amide bonds. The molecule has 4 heterocycles. The third kappa shape index (κ3) is 2.86. The highest BCUT2D eigenvalue weighted by atomic mass is 35.5. The molecule has 6 atom stereocenters. The molecule has 1 N–H and O–H groups in total. The maximum atomic E-state index is 14.0. The average molecular weight is 459 g/mol. The van der Waals surface area contributed by atoms with Gasteiger partial charge in [-0.05, 0) is 25.1 Å². The number of benzene rings is 1. The van der Waals surface area contributed by atoms with E-state index < -0.39 is 47.5 Å². The molecule has 0 radical (unpaired) electrons. The van der Waals surface area contributed by atoms with Crippen molar-refractivity contribution in [2.75, 3.05) is 24.7 Å². The van der Waals surface area contributed by atoms with Gasteiger partial charge in [0.25, 0.3) is 5.91 Å². The number of aliphatic hydroxyl groups is 1. The van der Waals surface area contributed by atoms with E-state index in [0.29, 0.717) is 10.7 Å². The number of likely N-dealkylation sites (tertiary alicyclic amines) is 1. The fourth-order valence-corrected chi connectivity index (χ4v) is 5.60. The fraction of sp³-hybridized carbons (Fsp3) is 0.435. The monoisotopic (exact) mass is 458 g/mol. The Kier molecular flexibility index (Phi) is 5.11. The maximum absolute atomic E-state index is 14.0. The van der Waals surface area contributed by atoms with E-state index in [1.807, 2.05) is 0 Å². The zero-order valence-corrected chi connectivity index (χ0v) is 18.1. The number of carbonyl (C=O) groups is 3. The number of carbonyl (C=O) groups excluding carboxylic acids is 3. The Balaban J connectivity index is 1.66. The first-order valence-corrected chi connectivity index (χ1v) is 11.0. The summed E-state index contributed by atoms with van der Waals surface area (Å²) in [5, 5.41) is 10.3. The highest BCUT2D eigenvalue weighted by molar-refractivity contribution is 6.34. The van der Waals surface area contributed by atoms with Crippen molar-refractivity contribution in [1.29, 1.82) is 0 Å². The van der Waals surface area contributed by atoms with Gasteiger partial charge in [0.2, 0.25) is 5.91 Å². The molecule has 1 spiro atoms. The largest absolute Gasteiger partial charge is 0.461 e. The van der Waals surface area contributed by atoms with Crippen LogP contribution in [-0.4, -0.2) is 71.3 Å². The van der Waals surface area contributed by atoms with Crippen LogP contribution in [0.25, 0.3) is 0 Å². The fourth-order valence-electron chi connectivity index (χ4n) is 5.36.